The Morgan fingerprint density at radius 2 is 2.24 bits per heavy atom. The average Bonchev–Trinajstić information content (AvgIpc) is 3.12. The lowest BCUT2D eigenvalue weighted by Gasteiger charge is -2.19. The van der Waals surface area contributed by atoms with Crippen LogP contribution in [-0.4, -0.2) is 17.5 Å². The van der Waals surface area contributed by atoms with Crippen LogP contribution in [0.5, 0.6) is 0 Å². The summed E-state index contributed by atoms with van der Waals surface area (Å²) in [5.41, 5.74) is 1.63. The second-order valence-corrected chi connectivity index (χ2v) is 6.05. The standard InChI is InChI=1S/C15H14ClN3OS/c16-14-12(8-17)15(21-19-14)18-9-11-6-7-20-13(11)10-4-2-1-3-5-10/h1-5,11,13,18H,6-7,9H2/t11-,13-/m1/s1. The molecule has 0 unspecified atom stereocenters. The van der Waals surface area contributed by atoms with Crippen molar-refractivity contribution < 1.29 is 4.74 Å². The zero-order valence-electron chi connectivity index (χ0n) is 11.3. The van der Waals surface area contributed by atoms with E-state index in [1.807, 2.05) is 18.2 Å². The molecule has 2 aromatic rings. The highest BCUT2D eigenvalue weighted by molar-refractivity contribution is 7.10. The molecule has 1 aliphatic rings. The molecule has 0 radical (unpaired) electrons. The lowest BCUT2D eigenvalue weighted by atomic mass is 9.95. The quantitative estimate of drug-likeness (QED) is 0.929. The van der Waals surface area contributed by atoms with Crippen molar-refractivity contribution in [1.29, 1.82) is 5.26 Å². The monoisotopic (exact) mass is 319 g/mol. The number of hydrogen-bond acceptors (Lipinski definition) is 5. The average molecular weight is 320 g/mol. The summed E-state index contributed by atoms with van der Waals surface area (Å²) in [5.74, 6) is 0.375. The second-order valence-electron chi connectivity index (χ2n) is 4.92. The Morgan fingerprint density at radius 1 is 1.43 bits per heavy atom. The van der Waals surface area contributed by atoms with Gasteiger partial charge in [-0.1, -0.05) is 41.9 Å². The third kappa shape index (κ3) is 3.03. The Morgan fingerprint density at radius 3 is 3.00 bits per heavy atom. The lowest BCUT2D eigenvalue weighted by Crippen LogP contribution is -2.17. The van der Waals surface area contributed by atoms with Crippen LogP contribution in [0.15, 0.2) is 30.3 Å². The molecule has 1 aromatic carbocycles. The molecule has 3 rings (SSSR count). The van der Waals surface area contributed by atoms with Gasteiger partial charge in [-0.15, -0.1) is 0 Å². The number of rotatable bonds is 4. The van der Waals surface area contributed by atoms with Crippen LogP contribution in [0, 0.1) is 17.2 Å². The number of benzene rings is 1. The molecule has 2 atom stereocenters. The molecule has 0 amide bonds. The summed E-state index contributed by atoms with van der Waals surface area (Å²) in [7, 11) is 0. The van der Waals surface area contributed by atoms with Crippen molar-refractivity contribution in [1.82, 2.24) is 4.37 Å². The van der Waals surface area contributed by atoms with E-state index in [9.17, 15) is 0 Å². The fourth-order valence-electron chi connectivity index (χ4n) is 2.57. The van der Waals surface area contributed by atoms with E-state index in [4.69, 9.17) is 21.6 Å². The largest absolute Gasteiger partial charge is 0.374 e. The van der Waals surface area contributed by atoms with Crippen molar-refractivity contribution in [2.75, 3.05) is 18.5 Å². The maximum absolute atomic E-state index is 9.08. The van der Waals surface area contributed by atoms with Crippen molar-refractivity contribution in [3.8, 4) is 6.07 Å². The van der Waals surface area contributed by atoms with Gasteiger partial charge >= 0.3 is 0 Å². The normalized spacial score (nSPS) is 21.1. The molecule has 1 fully saturated rings. The Balaban J connectivity index is 1.69. The third-order valence-electron chi connectivity index (χ3n) is 3.63. The smallest absolute Gasteiger partial charge is 0.162 e. The van der Waals surface area contributed by atoms with Gasteiger partial charge in [0.1, 0.15) is 16.6 Å². The van der Waals surface area contributed by atoms with Crippen molar-refractivity contribution in [2.45, 2.75) is 12.5 Å². The van der Waals surface area contributed by atoms with E-state index in [1.54, 1.807) is 0 Å². The maximum atomic E-state index is 9.08. The number of aromatic nitrogens is 1. The highest BCUT2D eigenvalue weighted by Gasteiger charge is 2.29. The van der Waals surface area contributed by atoms with Crippen LogP contribution < -0.4 is 5.32 Å². The van der Waals surface area contributed by atoms with Crippen molar-refractivity contribution in [3.63, 3.8) is 0 Å². The lowest BCUT2D eigenvalue weighted by molar-refractivity contribution is 0.0933. The van der Waals surface area contributed by atoms with Crippen LogP contribution in [0.3, 0.4) is 0 Å². The Labute approximate surface area is 132 Å². The summed E-state index contributed by atoms with van der Waals surface area (Å²) in [6.45, 7) is 1.51. The van der Waals surface area contributed by atoms with E-state index in [0.717, 1.165) is 24.6 Å². The first kappa shape index (κ1) is 14.3. The molecule has 0 spiro atoms. The van der Waals surface area contributed by atoms with E-state index in [0.29, 0.717) is 11.5 Å². The van der Waals surface area contributed by atoms with E-state index < -0.39 is 0 Å². The molecule has 1 N–H and O–H groups in total. The molecule has 0 saturated carbocycles. The van der Waals surface area contributed by atoms with Crippen LogP contribution in [-0.2, 0) is 4.74 Å². The Kier molecular flexibility index (Phi) is 4.39. The summed E-state index contributed by atoms with van der Waals surface area (Å²) in [5, 5.41) is 13.4. The van der Waals surface area contributed by atoms with E-state index in [2.05, 4.69) is 27.9 Å². The van der Waals surface area contributed by atoms with Crippen molar-refractivity contribution in [3.05, 3.63) is 46.6 Å². The molecule has 1 aromatic heterocycles. The molecule has 2 heterocycles. The molecule has 6 heteroatoms. The second kappa shape index (κ2) is 6.44. The van der Waals surface area contributed by atoms with Gasteiger partial charge in [0.25, 0.3) is 0 Å². The summed E-state index contributed by atoms with van der Waals surface area (Å²) in [4.78, 5) is 0. The minimum Gasteiger partial charge on any atom is -0.374 e. The molecule has 0 aliphatic carbocycles. The molecule has 4 nitrogen and oxygen atoms in total. The predicted octanol–water partition coefficient (Wildman–Crippen LogP) is 3.86. The minimum atomic E-state index is 0.104. The van der Waals surface area contributed by atoms with Gasteiger partial charge in [-0.3, -0.25) is 0 Å². The van der Waals surface area contributed by atoms with E-state index in [-0.39, 0.29) is 11.3 Å². The first-order valence-electron chi connectivity index (χ1n) is 6.75. The number of ether oxygens (including phenoxy) is 1. The van der Waals surface area contributed by atoms with Crippen LogP contribution in [0.4, 0.5) is 5.00 Å². The first-order chi connectivity index (χ1) is 10.3. The minimum absolute atomic E-state index is 0.104. The van der Waals surface area contributed by atoms with Crippen LogP contribution >= 0.6 is 23.1 Å². The van der Waals surface area contributed by atoms with Gasteiger partial charge in [0.2, 0.25) is 0 Å². The highest BCUT2D eigenvalue weighted by atomic mass is 35.5. The van der Waals surface area contributed by atoms with Gasteiger partial charge in [-0.05, 0) is 23.5 Å². The van der Waals surface area contributed by atoms with Crippen molar-refractivity contribution in [2.24, 2.45) is 5.92 Å². The zero-order valence-corrected chi connectivity index (χ0v) is 12.8. The first-order valence-corrected chi connectivity index (χ1v) is 7.90. The van der Waals surface area contributed by atoms with Crippen LogP contribution in [0.1, 0.15) is 23.7 Å². The molecule has 0 bridgehead atoms. The van der Waals surface area contributed by atoms with Gasteiger partial charge in [-0.2, -0.15) is 9.64 Å². The summed E-state index contributed by atoms with van der Waals surface area (Å²) < 4.78 is 9.86. The summed E-state index contributed by atoms with van der Waals surface area (Å²) >= 11 is 7.10. The predicted molar refractivity (Wildman–Crippen MR) is 83.6 cm³/mol. The van der Waals surface area contributed by atoms with Crippen molar-refractivity contribution >= 4 is 28.1 Å². The number of nitriles is 1. The van der Waals surface area contributed by atoms with E-state index in [1.165, 1.54) is 17.1 Å². The number of halogens is 1. The molecule has 108 valence electrons. The fourth-order valence-corrected chi connectivity index (χ4v) is 3.51. The third-order valence-corrected chi connectivity index (χ3v) is 4.81. The molecular weight excluding hydrogens is 306 g/mol. The van der Waals surface area contributed by atoms with Crippen LogP contribution in [0.25, 0.3) is 0 Å². The van der Waals surface area contributed by atoms with Gasteiger partial charge < -0.3 is 10.1 Å². The maximum Gasteiger partial charge on any atom is 0.162 e. The SMILES string of the molecule is N#Cc1c(Cl)nsc1NC[C@H]1CCO[C@@H]1c1ccccc1. The topological polar surface area (TPSA) is 57.9 Å². The Bertz CT molecular complexity index is 653. The van der Waals surface area contributed by atoms with Gasteiger partial charge in [0.05, 0.1) is 6.10 Å². The number of hydrogen-bond donors (Lipinski definition) is 1. The summed E-state index contributed by atoms with van der Waals surface area (Å²) in [6, 6.07) is 12.3. The number of nitrogens with one attached hydrogen (secondary N) is 1. The van der Waals surface area contributed by atoms with Gasteiger partial charge in [0.15, 0.2) is 5.15 Å². The van der Waals surface area contributed by atoms with Gasteiger partial charge in [-0.25, -0.2) is 0 Å². The molecule has 21 heavy (non-hydrogen) atoms. The number of nitrogens with zero attached hydrogens (tertiary/aromatic N) is 2. The summed E-state index contributed by atoms with van der Waals surface area (Å²) in [6.07, 6.45) is 1.11. The Hall–Kier alpha value is -1.61. The van der Waals surface area contributed by atoms with Crippen LogP contribution in [0.2, 0.25) is 5.15 Å². The highest BCUT2D eigenvalue weighted by Crippen LogP contribution is 2.35. The van der Waals surface area contributed by atoms with Gasteiger partial charge in [0, 0.05) is 19.1 Å². The molecule has 1 saturated heterocycles. The zero-order chi connectivity index (χ0) is 14.7. The fraction of sp³-hybridized carbons (Fsp3) is 0.333. The molecular formula is C15H14ClN3OS. The van der Waals surface area contributed by atoms with E-state index >= 15 is 0 Å². The molecule has 1 aliphatic heterocycles. The number of anilines is 1.